The van der Waals surface area contributed by atoms with Gasteiger partial charge in [0.15, 0.2) is 6.23 Å². The number of nitrogens with zero attached hydrogens (tertiary/aromatic N) is 1. The molecule has 0 aliphatic carbocycles. The first kappa shape index (κ1) is 8.61. The van der Waals surface area contributed by atoms with Crippen LogP contribution in [0.2, 0.25) is 0 Å². The van der Waals surface area contributed by atoms with E-state index in [-0.39, 0.29) is 6.61 Å². The Kier molecular flexibility index (Phi) is 2.56. The fourth-order valence-electron chi connectivity index (χ4n) is 0.960. The van der Waals surface area contributed by atoms with E-state index in [1.807, 2.05) is 0 Å². The summed E-state index contributed by atoms with van der Waals surface area (Å²) in [5.74, 6) is -0.576. The molecule has 0 saturated heterocycles. The normalized spacial score (nSPS) is 44.4. The van der Waals surface area contributed by atoms with Crippen molar-refractivity contribution in [1.82, 2.24) is 0 Å². The van der Waals surface area contributed by atoms with Gasteiger partial charge < -0.3 is 20.4 Å². The average molecular weight is 161 g/mol. The van der Waals surface area contributed by atoms with E-state index in [0.717, 1.165) is 0 Å². The maximum absolute atomic E-state index is 9.15. The highest BCUT2D eigenvalue weighted by Gasteiger charge is 2.33. The second-order valence-corrected chi connectivity index (χ2v) is 2.54. The standard InChI is InChI=1S/C6H11NO4/c8-2-3-1-7-6(11)5(10)4(3)9/h1,3-6,8-11H,2H2/t3-,4-,5+,6+/m1/s1. The van der Waals surface area contributed by atoms with Crippen molar-refractivity contribution in [2.24, 2.45) is 10.9 Å². The zero-order valence-corrected chi connectivity index (χ0v) is 5.83. The highest BCUT2D eigenvalue weighted by Crippen LogP contribution is 2.14. The lowest BCUT2D eigenvalue weighted by molar-refractivity contribution is -0.0802. The van der Waals surface area contributed by atoms with Crippen LogP contribution in [0, 0.1) is 5.92 Å². The fraction of sp³-hybridized carbons (Fsp3) is 0.833. The molecular weight excluding hydrogens is 150 g/mol. The summed E-state index contributed by atoms with van der Waals surface area (Å²) in [5, 5.41) is 35.7. The van der Waals surface area contributed by atoms with Crippen LogP contribution < -0.4 is 0 Å². The van der Waals surface area contributed by atoms with Crippen molar-refractivity contribution >= 4 is 6.21 Å². The summed E-state index contributed by atoms with van der Waals surface area (Å²) in [5.41, 5.74) is 0. The molecule has 0 aromatic heterocycles. The van der Waals surface area contributed by atoms with E-state index in [9.17, 15) is 0 Å². The van der Waals surface area contributed by atoms with E-state index in [2.05, 4.69) is 4.99 Å². The largest absolute Gasteiger partial charge is 0.396 e. The second kappa shape index (κ2) is 3.27. The first-order valence-corrected chi connectivity index (χ1v) is 3.35. The maximum Gasteiger partial charge on any atom is 0.173 e. The highest BCUT2D eigenvalue weighted by atomic mass is 16.4. The Hall–Kier alpha value is -0.490. The van der Waals surface area contributed by atoms with Gasteiger partial charge in [0.1, 0.15) is 6.10 Å². The molecule has 4 N–H and O–H groups in total. The van der Waals surface area contributed by atoms with Gasteiger partial charge in [0.05, 0.1) is 12.7 Å². The van der Waals surface area contributed by atoms with Crippen molar-refractivity contribution in [2.45, 2.75) is 18.4 Å². The molecule has 0 spiro atoms. The van der Waals surface area contributed by atoms with Crippen LogP contribution in [0.1, 0.15) is 0 Å². The van der Waals surface area contributed by atoms with Crippen LogP contribution in [0.3, 0.4) is 0 Å². The summed E-state index contributed by atoms with van der Waals surface area (Å²) in [6.45, 7) is -0.283. The Labute approximate surface area is 63.6 Å². The van der Waals surface area contributed by atoms with E-state index in [1.165, 1.54) is 6.21 Å². The first-order valence-electron chi connectivity index (χ1n) is 3.35. The summed E-state index contributed by atoms with van der Waals surface area (Å²) in [6, 6.07) is 0. The molecule has 5 heteroatoms. The van der Waals surface area contributed by atoms with Crippen molar-refractivity contribution < 1.29 is 20.4 Å². The third-order valence-corrected chi connectivity index (χ3v) is 1.74. The molecule has 0 saturated carbocycles. The molecule has 4 atom stereocenters. The molecule has 0 fully saturated rings. The van der Waals surface area contributed by atoms with Gasteiger partial charge in [-0.1, -0.05) is 0 Å². The van der Waals surface area contributed by atoms with Crippen LogP contribution in [0.5, 0.6) is 0 Å². The van der Waals surface area contributed by atoms with Crippen molar-refractivity contribution in [3.63, 3.8) is 0 Å². The predicted molar refractivity (Wildman–Crippen MR) is 37.1 cm³/mol. The Morgan fingerprint density at radius 1 is 1.18 bits per heavy atom. The molecule has 1 aliphatic rings. The molecule has 0 unspecified atom stereocenters. The number of rotatable bonds is 1. The molecule has 0 aromatic carbocycles. The SMILES string of the molecule is OC[C@H]1C=N[C@@H](O)[C@@H](O)[C@@H]1O. The zero-order chi connectivity index (χ0) is 8.43. The third-order valence-electron chi connectivity index (χ3n) is 1.74. The van der Waals surface area contributed by atoms with Gasteiger partial charge in [-0.3, -0.25) is 4.99 Å². The number of aliphatic hydroxyl groups is 4. The molecule has 1 heterocycles. The number of aliphatic imine (C=N–C) groups is 1. The second-order valence-electron chi connectivity index (χ2n) is 2.54. The van der Waals surface area contributed by atoms with Crippen molar-refractivity contribution in [3.05, 3.63) is 0 Å². The number of aliphatic hydroxyl groups excluding tert-OH is 4. The number of hydrogen-bond acceptors (Lipinski definition) is 5. The summed E-state index contributed by atoms with van der Waals surface area (Å²) in [4.78, 5) is 3.47. The molecule has 64 valence electrons. The highest BCUT2D eigenvalue weighted by molar-refractivity contribution is 5.63. The van der Waals surface area contributed by atoms with Crippen LogP contribution in [-0.2, 0) is 0 Å². The molecule has 0 aromatic rings. The van der Waals surface area contributed by atoms with E-state index in [1.54, 1.807) is 0 Å². The Balaban J connectivity index is 2.68. The zero-order valence-electron chi connectivity index (χ0n) is 5.83. The van der Waals surface area contributed by atoms with Crippen LogP contribution in [-0.4, -0.2) is 51.7 Å². The quantitative estimate of drug-likeness (QED) is 0.348. The molecule has 0 bridgehead atoms. The van der Waals surface area contributed by atoms with Crippen molar-refractivity contribution in [3.8, 4) is 0 Å². The van der Waals surface area contributed by atoms with Gasteiger partial charge in [0.2, 0.25) is 0 Å². The molecular formula is C6H11NO4. The molecule has 11 heavy (non-hydrogen) atoms. The lowest BCUT2D eigenvalue weighted by Crippen LogP contribution is -2.46. The Morgan fingerprint density at radius 2 is 1.82 bits per heavy atom. The summed E-state index contributed by atoms with van der Waals surface area (Å²) >= 11 is 0. The van der Waals surface area contributed by atoms with Crippen molar-refractivity contribution in [1.29, 1.82) is 0 Å². The van der Waals surface area contributed by atoms with Gasteiger partial charge in [-0.25, -0.2) is 0 Å². The smallest absolute Gasteiger partial charge is 0.173 e. The van der Waals surface area contributed by atoms with Gasteiger partial charge in [0, 0.05) is 12.1 Å². The van der Waals surface area contributed by atoms with Crippen LogP contribution in [0.15, 0.2) is 4.99 Å². The maximum atomic E-state index is 9.15. The van der Waals surface area contributed by atoms with Gasteiger partial charge in [-0.2, -0.15) is 0 Å². The Morgan fingerprint density at radius 3 is 2.36 bits per heavy atom. The van der Waals surface area contributed by atoms with Gasteiger partial charge >= 0.3 is 0 Å². The minimum Gasteiger partial charge on any atom is -0.396 e. The molecule has 5 nitrogen and oxygen atoms in total. The minimum atomic E-state index is -1.29. The molecule has 0 radical (unpaired) electrons. The lowest BCUT2D eigenvalue weighted by atomic mass is 9.96. The average Bonchev–Trinajstić information content (AvgIpc) is 2.01. The van der Waals surface area contributed by atoms with E-state index in [4.69, 9.17) is 20.4 Å². The summed E-state index contributed by atoms with van der Waals surface area (Å²) in [6.07, 6.45) is -2.44. The monoisotopic (exact) mass is 161 g/mol. The predicted octanol–water partition coefficient (Wildman–Crippen LogP) is -2.28. The van der Waals surface area contributed by atoms with Gasteiger partial charge in [-0.05, 0) is 0 Å². The third kappa shape index (κ3) is 1.57. The number of hydrogen-bond donors (Lipinski definition) is 4. The van der Waals surface area contributed by atoms with Crippen LogP contribution in [0.4, 0.5) is 0 Å². The molecule has 1 rings (SSSR count). The van der Waals surface area contributed by atoms with Crippen LogP contribution >= 0.6 is 0 Å². The molecule has 0 amide bonds. The van der Waals surface area contributed by atoms with Gasteiger partial charge in [0.25, 0.3) is 0 Å². The van der Waals surface area contributed by atoms with E-state index < -0.39 is 24.4 Å². The van der Waals surface area contributed by atoms with E-state index in [0.29, 0.717) is 0 Å². The van der Waals surface area contributed by atoms with Gasteiger partial charge in [-0.15, -0.1) is 0 Å². The fourth-order valence-corrected chi connectivity index (χ4v) is 0.960. The topological polar surface area (TPSA) is 93.3 Å². The summed E-state index contributed by atoms with van der Waals surface area (Å²) in [7, 11) is 0. The van der Waals surface area contributed by atoms with Crippen molar-refractivity contribution in [2.75, 3.05) is 6.61 Å². The molecule has 1 aliphatic heterocycles. The lowest BCUT2D eigenvalue weighted by Gasteiger charge is -2.28. The minimum absolute atomic E-state index is 0.283. The van der Waals surface area contributed by atoms with E-state index >= 15 is 0 Å². The van der Waals surface area contributed by atoms with Crippen LogP contribution in [0.25, 0.3) is 0 Å². The first-order chi connectivity index (χ1) is 5.16. The Bertz CT molecular complexity index is 161. The summed E-state index contributed by atoms with van der Waals surface area (Å²) < 4.78 is 0.